The Balaban J connectivity index is 1.94. The predicted molar refractivity (Wildman–Crippen MR) is 99.3 cm³/mol. The number of tetrazole rings is 1. The number of piperidine rings is 1. The Morgan fingerprint density at radius 3 is 2.62 bits per heavy atom. The molecule has 2 heterocycles. The predicted octanol–water partition coefficient (Wildman–Crippen LogP) is 2.12. The van der Waals surface area contributed by atoms with Gasteiger partial charge in [0.25, 0.3) is 0 Å². The normalized spacial score (nSPS) is 18.1. The smallest absolute Gasteiger partial charge is 0.319 e. The van der Waals surface area contributed by atoms with E-state index in [0.29, 0.717) is 6.54 Å². The molecule has 140 valence electrons. The molecule has 3 rings (SSSR count). The summed E-state index contributed by atoms with van der Waals surface area (Å²) in [6, 6.07) is 4.38. The first-order valence-corrected chi connectivity index (χ1v) is 9.18. The highest BCUT2D eigenvalue weighted by molar-refractivity contribution is 6.37. The summed E-state index contributed by atoms with van der Waals surface area (Å²) in [7, 11) is 2.02. The third kappa shape index (κ3) is 3.49. The molecule has 1 fully saturated rings. The van der Waals surface area contributed by atoms with Crippen molar-refractivity contribution in [3.63, 3.8) is 0 Å². The fraction of sp³-hybridized carbons (Fsp3) is 0.500. The van der Waals surface area contributed by atoms with Gasteiger partial charge in [0.05, 0.1) is 10.0 Å². The molecule has 1 aliphatic rings. The summed E-state index contributed by atoms with van der Waals surface area (Å²) in [5.41, 5.74) is -0.493. The minimum atomic E-state index is -0.701. The summed E-state index contributed by atoms with van der Waals surface area (Å²) in [5.74, 6) is 0. The van der Waals surface area contributed by atoms with Gasteiger partial charge in [0, 0.05) is 19.1 Å². The van der Waals surface area contributed by atoms with Crippen LogP contribution in [0.5, 0.6) is 0 Å². The van der Waals surface area contributed by atoms with Crippen LogP contribution in [0.4, 0.5) is 4.79 Å². The van der Waals surface area contributed by atoms with Gasteiger partial charge in [-0.15, -0.1) is 4.68 Å². The third-order valence-electron chi connectivity index (χ3n) is 4.54. The van der Waals surface area contributed by atoms with Crippen molar-refractivity contribution in [2.24, 2.45) is 0 Å². The maximum Gasteiger partial charge on any atom is 0.377 e. The van der Waals surface area contributed by atoms with Crippen LogP contribution in [0.15, 0.2) is 23.0 Å². The summed E-state index contributed by atoms with van der Waals surface area (Å²) in [6.45, 7) is 4.12. The van der Waals surface area contributed by atoms with E-state index in [-0.39, 0.29) is 21.8 Å². The lowest BCUT2D eigenvalue weighted by atomic mass is 10.1. The van der Waals surface area contributed by atoms with Crippen LogP contribution in [-0.4, -0.2) is 68.3 Å². The van der Waals surface area contributed by atoms with Gasteiger partial charge in [-0.1, -0.05) is 29.3 Å². The van der Waals surface area contributed by atoms with E-state index in [9.17, 15) is 9.59 Å². The van der Waals surface area contributed by atoms with Crippen LogP contribution in [0.2, 0.25) is 10.0 Å². The molecule has 1 amide bonds. The van der Waals surface area contributed by atoms with Crippen molar-refractivity contribution >= 4 is 29.2 Å². The van der Waals surface area contributed by atoms with E-state index in [0.717, 1.165) is 35.3 Å². The van der Waals surface area contributed by atoms with Gasteiger partial charge in [0.2, 0.25) is 0 Å². The topological polar surface area (TPSA) is 76.3 Å². The lowest BCUT2D eigenvalue weighted by Gasteiger charge is -2.36. The maximum absolute atomic E-state index is 12.9. The van der Waals surface area contributed by atoms with Crippen molar-refractivity contribution in [3.05, 3.63) is 38.7 Å². The molecule has 0 spiro atoms. The molecule has 1 aromatic carbocycles. The molecule has 1 aliphatic heterocycles. The van der Waals surface area contributed by atoms with Gasteiger partial charge in [-0.25, -0.2) is 9.59 Å². The van der Waals surface area contributed by atoms with Gasteiger partial charge < -0.3 is 9.80 Å². The number of para-hydroxylation sites is 1. The fourth-order valence-corrected chi connectivity index (χ4v) is 3.82. The molecule has 0 bridgehead atoms. The van der Waals surface area contributed by atoms with Gasteiger partial charge in [-0.05, 0) is 55.9 Å². The molecule has 0 aliphatic carbocycles. The van der Waals surface area contributed by atoms with Crippen molar-refractivity contribution in [2.45, 2.75) is 25.8 Å². The van der Waals surface area contributed by atoms with E-state index >= 15 is 0 Å². The first-order chi connectivity index (χ1) is 12.4. The Morgan fingerprint density at radius 2 is 2.00 bits per heavy atom. The van der Waals surface area contributed by atoms with Gasteiger partial charge >= 0.3 is 11.7 Å². The number of aromatic nitrogens is 4. The number of likely N-dealkylation sites (N-methyl/N-ethyl adjacent to an activating group) is 2. The molecule has 10 heteroatoms. The molecule has 1 unspecified atom stereocenters. The second-order valence-electron chi connectivity index (χ2n) is 6.28. The molecule has 1 aromatic heterocycles. The van der Waals surface area contributed by atoms with Gasteiger partial charge in [-0.2, -0.15) is 4.68 Å². The largest absolute Gasteiger partial charge is 0.377 e. The van der Waals surface area contributed by atoms with E-state index < -0.39 is 11.7 Å². The lowest BCUT2D eigenvalue weighted by molar-refractivity contribution is 0.126. The molecular formula is C16H20Cl2N6O2. The van der Waals surface area contributed by atoms with Crippen LogP contribution >= 0.6 is 23.2 Å². The van der Waals surface area contributed by atoms with Crippen molar-refractivity contribution in [3.8, 4) is 5.69 Å². The highest BCUT2D eigenvalue weighted by Crippen LogP contribution is 2.26. The van der Waals surface area contributed by atoms with Gasteiger partial charge in [0.15, 0.2) is 0 Å². The Hall–Kier alpha value is -1.90. The molecule has 8 nitrogen and oxygen atoms in total. The highest BCUT2D eigenvalue weighted by atomic mass is 35.5. The summed E-state index contributed by atoms with van der Waals surface area (Å²) in [4.78, 5) is 29.4. The number of hydrogen-bond donors (Lipinski definition) is 0. The van der Waals surface area contributed by atoms with Crippen LogP contribution in [0, 0.1) is 0 Å². The van der Waals surface area contributed by atoms with E-state index in [1.165, 1.54) is 0 Å². The van der Waals surface area contributed by atoms with Crippen LogP contribution in [-0.2, 0) is 0 Å². The van der Waals surface area contributed by atoms with E-state index in [1.54, 1.807) is 23.1 Å². The number of likely N-dealkylation sites (tertiary alicyclic amines) is 1. The number of hydrogen-bond acceptors (Lipinski definition) is 5. The van der Waals surface area contributed by atoms with Crippen LogP contribution < -0.4 is 5.69 Å². The number of halogens is 2. The average molecular weight is 399 g/mol. The first kappa shape index (κ1) is 18.9. The number of nitrogens with zero attached hydrogens (tertiary/aromatic N) is 6. The van der Waals surface area contributed by atoms with E-state index in [4.69, 9.17) is 23.2 Å². The second-order valence-corrected chi connectivity index (χ2v) is 7.10. The Labute approximate surface area is 160 Å². The molecular weight excluding hydrogens is 379 g/mol. The zero-order valence-electron chi connectivity index (χ0n) is 14.6. The first-order valence-electron chi connectivity index (χ1n) is 8.43. The van der Waals surface area contributed by atoms with Crippen LogP contribution in [0.3, 0.4) is 0 Å². The minimum absolute atomic E-state index is 0.0344. The van der Waals surface area contributed by atoms with Gasteiger partial charge in [0.1, 0.15) is 5.69 Å². The van der Waals surface area contributed by atoms with Crippen molar-refractivity contribution in [1.29, 1.82) is 0 Å². The molecule has 1 saturated heterocycles. The monoisotopic (exact) mass is 398 g/mol. The van der Waals surface area contributed by atoms with Crippen molar-refractivity contribution < 1.29 is 4.79 Å². The number of carbonyl (C=O) groups is 1. The highest BCUT2D eigenvalue weighted by Gasteiger charge is 2.29. The zero-order valence-corrected chi connectivity index (χ0v) is 16.1. The summed E-state index contributed by atoms with van der Waals surface area (Å²) < 4.78 is 1.71. The molecule has 26 heavy (non-hydrogen) atoms. The molecule has 2 aromatic rings. The Morgan fingerprint density at radius 1 is 1.31 bits per heavy atom. The summed E-state index contributed by atoms with van der Waals surface area (Å²) in [5, 5.41) is 8.05. The summed E-state index contributed by atoms with van der Waals surface area (Å²) in [6.07, 6.45) is 1.89. The number of rotatable bonds is 3. The number of carbonyl (C=O) groups excluding carboxylic acids is 1. The second kappa shape index (κ2) is 7.77. The van der Waals surface area contributed by atoms with Crippen molar-refractivity contribution in [1.82, 2.24) is 29.6 Å². The fourth-order valence-electron chi connectivity index (χ4n) is 3.26. The van der Waals surface area contributed by atoms with E-state index in [1.807, 2.05) is 14.0 Å². The quantitative estimate of drug-likeness (QED) is 0.740. The van der Waals surface area contributed by atoms with Crippen molar-refractivity contribution in [2.75, 3.05) is 26.7 Å². The molecule has 0 N–H and O–H groups in total. The average Bonchev–Trinajstić information content (AvgIpc) is 2.97. The third-order valence-corrected chi connectivity index (χ3v) is 5.15. The molecule has 0 saturated carbocycles. The lowest BCUT2D eigenvalue weighted by Crippen LogP contribution is -2.52. The number of benzene rings is 1. The van der Waals surface area contributed by atoms with Crippen LogP contribution in [0.25, 0.3) is 5.69 Å². The summed E-state index contributed by atoms with van der Waals surface area (Å²) >= 11 is 12.3. The van der Waals surface area contributed by atoms with Crippen LogP contribution in [0.1, 0.15) is 19.8 Å². The standard InChI is InChI=1S/C16H20Cl2N6O2/c1-3-22(11-6-5-9-21(2)10-11)15(25)24-16(26)23(19-20-24)14-12(17)7-4-8-13(14)18/h4,7-8,11H,3,5-6,9-10H2,1-2H3. The maximum atomic E-state index is 12.9. The Kier molecular flexibility index (Phi) is 5.64. The van der Waals surface area contributed by atoms with Gasteiger partial charge in [-0.3, -0.25) is 0 Å². The molecule has 1 atom stereocenters. The SMILES string of the molecule is CCN(C(=O)n1nnn(-c2c(Cl)cccc2Cl)c1=O)C1CCCN(C)C1. The number of amides is 1. The minimum Gasteiger partial charge on any atom is -0.319 e. The zero-order chi connectivity index (χ0) is 18.8. The Bertz CT molecular complexity index is 844. The van der Waals surface area contributed by atoms with E-state index in [2.05, 4.69) is 15.3 Å². The molecule has 0 radical (unpaired) electrons.